The maximum atomic E-state index is 14.6. The van der Waals surface area contributed by atoms with Crippen LogP contribution in [0.15, 0.2) is 30.6 Å². The van der Waals surface area contributed by atoms with Gasteiger partial charge in [-0.3, -0.25) is 10.2 Å². The minimum Gasteiger partial charge on any atom is -0.480 e. The minimum absolute atomic E-state index is 0.0655. The molecule has 0 aliphatic carbocycles. The lowest BCUT2D eigenvalue weighted by Crippen LogP contribution is -2.61. The Balaban J connectivity index is 1.83. The number of carbonyl (C=O) groups excluding carboxylic acids is 1. The first-order chi connectivity index (χ1) is 14.7. The zero-order chi connectivity index (χ0) is 23.9. The molecule has 1 atom stereocenters. The number of amides is 1. The van der Waals surface area contributed by atoms with E-state index in [1.807, 2.05) is 0 Å². The van der Waals surface area contributed by atoms with Crippen LogP contribution in [0.1, 0.15) is 27.1 Å². The van der Waals surface area contributed by atoms with Gasteiger partial charge in [0.1, 0.15) is 11.5 Å². The molecule has 10 nitrogen and oxygen atoms in total. The van der Waals surface area contributed by atoms with Crippen LogP contribution in [0.3, 0.4) is 0 Å². The summed E-state index contributed by atoms with van der Waals surface area (Å²) in [4.78, 5) is 19.9. The molecule has 1 aromatic heterocycles. The molecule has 0 unspecified atom stereocenters. The van der Waals surface area contributed by atoms with Crippen LogP contribution in [0.25, 0.3) is 0 Å². The fourth-order valence-corrected chi connectivity index (χ4v) is 4.30. The second kappa shape index (κ2) is 7.28. The lowest BCUT2D eigenvalue weighted by Gasteiger charge is -2.40. The Labute approximate surface area is 170 Å². The Hall–Kier alpha value is -3.28. The molecular weight excluding hydrogens is 403 g/mol. The Morgan fingerprint density at radius 1 is 1.45 bits per heavy atom. The summed E-state index contributed by atoms with van der Waals surface area (Å²) in [5.41, 5.74) is -1.55. The van der Waals surface area contributed by atoms with Crippen molar-refractivity contribution >= 4 is 27.6 Å². The van der Waals surface area contributed by atoms with Gasteiger partial charge in [-0.25, -0.2) is 27.1 Å². The number of ether oxygens (including phenoxy) is 1. The zero-order valence-electron chi connectivity index (χ0n) is 18.4. The molecule has 3 rings (SSSR count). The summed E-state index contributed by atoms with van der Waals surface area (Å²) in [6.07, 6.45) is 1.98. The normalized spacial score (nSPS) is 22.7. The van der Waals surface area contributed by atoms with E-state index in [2.05, 4.69) is 25.3 Å². The molecule has 1 aliphatic heterocycles. The highest BCUT2D eigenvalue weighted by molar-refractivity contribution is 7.89. The van der Waals surface area contributed by atoms with E-state index >= 15 is 0 Å². The predicted molar refractivity (Wildman–Crippen MR) is 103 cm³/mol. The molecule has 29 heavy (non-hydrogen) atoms. The van der Waals surface area contributed by atoms with Gasteiger partial charge in [0.25, 0.3) is 5.91 Å². The number of methoxy groups -OCH3 is 1. The maximum Gasteiger partial charge on any atom is 0.275 e. The number of hydrogen-bond acceptors (Lipinski definition) is 7. The number of rotatable bonds is 4. The molecule has 0 bridgehead atoms. The van der Waals surface area contributed by atoms with Crippen LogP contribution >= 0.6 is 0 Å². The van der Waals surface area contributed by atoms with Crippen molar-refractivity contribution < 1.29 is 26.5 Å². The van der Waals surface area contributed by atoms with Crippen LogP contribution in [0.2, 0.25) is 0 Å². The quantitative estimate of drug-likeness (QED) is 0.661. The van der Waals surface area contributed by atoms with Crippen LogP contribution in [-0.4, -0.2) is 54.4 Å². The molecule has 0 saturated carbocycles. The number of hydrogen-bond donors (Lipinski definition) is 3. The number of nitrogens with zero attached hydrogens (tertiary/aromatic N) is 3. The van der Waals surface area contributed by atoms with E-state index in [0.717, 1.165) is 22.8 Å². The fourth-order valence-electron chi connectivity index (χ4n) is 2.83. The molecule has 0 spiro atoms. The lowest BCUT2D eigenvalue weighted by atomic mass is 9.93. The first-order valence-electron chi connectivity index (χ1n) is 9.66. The molecular formula is C17H19FN6O4S. The van der Waals surface area contributed by atoms with Gasteiger partial charge >= 0.3 is 0 Å². The third-order valence-corrected chi connectivity index (χ3v) is 6.34. The highest BCUT2D eigenvalue weighted by Gasteiger charge is 2.43. The second-order valence-corrected chi connectivity index (χ2v) is 8.52. The third-order valence-electron chi connectivity index (χ3n) is 4.38. The number of guanidine groups is 1. The van der Waals surface area contributed by atoms with Crippen molar-refractivity contribution in [3.63, 3.8) is 0 Å². The van der Waals surface area contributed by atoms with Crippen molar-refractivity contribution in [2.75, 3.05) is 25.2 Å². The fraction of sp³-hybridized carbons (Fsp3) is 0.294. The Morgan fingerprint density at radius 2 is 2.21 bits per heavy atom. The van der Waals surface area contributed by atoms with Crippen molar-refractivity contribution in [3.05, 3.63) is 47.7 Å². The first kappa shape index (κ1) is 16.7. The standard InChI is InChI=1S/C17H19FN6O4S/c1-17(9-29(26,27)24(2)16(19)23-17)11-6-10(4-5-12(11)18)22-15(25)13-7-21-14(28-3)8-20-13/h4-8H,9H2,1-3H3,(H2,19,23)(H,22,25)/t17-/m0/s1/i3D3. The molecule has 1 aliphatic rings. The van der Waals surface area contributed by atoms with Crippen molar-refractivity contribution in [1.29, 1.82) is 5.41 Å². The summed E-state index contributed by atoms with van der Waals surface area (Å²) in [6, 6.07) is 3.59. The number of benzene rings is 1. The highest BCUT2D eigenvalue weighted by Crippen LogP contribution is 2.31. The third kappa shape index (κ3) is 3.97. The van der Waals surface area contributed by atoms with Crippen LogP contribution in [-0.2, 0) is 15.6 Å². The highest BCUT2D eigenvalue weighted by atomic mass is 32.2. The summed E-state index contributed by atoms with van der Waals surface area (Å²) in [7, 11) is -5.36. The lowest BCUT2D eigenvalue weighted by molar-refractivity contribution is 0.102. The number of halogens is 1. The van der Waals surface area contributed by atoms with Gasteiger partial charge < -0.3 is 15.4 Å². The van der Waals surface area contributed by atoms with Gasteiger partial charge in [0.2, 0.25) is 21.9 Å². The summed E-state index contributed by atoms with van der Waals surface area (Å²) < 4.78 is 65.7. The first-order valence-corrected chi connectivity index (χ1v) is 9.77. The van der Waals surface area contributed by atoms with Gasteiger partial charge in [0.05, 0.1) is 34.8 Å². The molecule has 1 saturated heterocycles. The molecule has 1 fully saturated rings. The summed E-state index contributed by atoms with van der Waals surface area (Å²) in [6.45, 7) is 1.44. The van der Waals surface area contributed by atoms with Gasteiger partial charge in [-0.05, 0) is 25.1 Å². The number of nitrogens with one attached hydrogen (secondary N) is 3. The molecule has 0 radical (unpaired) electrons. The second-order valence-electron chi connectivity index (χ2n) is 6.52. The molecule has 154 valence electrons. The average molecular weight is 425 g/mol. The smallest absolute Gasteiger partial charge is 0.275 e. The SMILES string of the molecule is [2H]C([2H])([2H])Oc1cnc(C(=O)Nc2ccc(F)c([C@]3(C)CS(=O)(=O)N(C)C(=N)N3)c2)cn1. The minimum atomic E-state index is -3.86. The molecule has 1 amide bonds. The predicted octanol–water partition coefficient (Wildman–Crippen LogP) is 0.891. The summed E-state index contributed by atoms with van der Waals surface area (Å²) >= 11 is 0. The van der Waals surface area contributed by atoms with E-state index < -0.39 is 46.0 Å². The molecule has 2 heterocycles. The van der Waals surface area contributed by atoms with E-state index in [4.69, 9.17) is 9.52 Å². The number of carbonyl (C=O) groups is 1. The van der Waals surface area contributed by atoms with Crippen molar-refractivity contribution in [1.82, 2.24) is 19.6 Å². The summed E-state index contributed by atoms with van der Waals surface area (Å²) in [5, 5.41) is 13.0. The van der Waals surface area contributed by atoms with Gasteiger partial charge in [-0.15, -0.1) is 0 Å². The van der Waals surface area contributed by atoms with Crippen LogP contribution in [0.4, 0.5) is 10.1 Å². The average Bonchev–Trinajstić information content (AvgIpc) is 2.66. The van der Waals surface area contributed by atoms with E-state index in [9.17, 15) is 17.6 Å². The number of anilines is 1. The van der Waals surface area contributed by atoms with Gasteiger partial charge in [0.15, 0.2) is 0 Å². The molecule has 2 aromatic rings. The molecule has 12 heteroatoms. The largest absolute Gasteiger partial charge is 0.480 e. The topological polar surface area (TPSA) is 137 Å². The van der Waals surface area contributed by atoms with Gasteiger partial charge in [-0.2, -0.15) is 0 Å². The monoisotopic (exact) mass is 425 g/mol. The van der Waals surface area contributed by atoms with Crippen molar-refractivity contribution in [3.8, 4) is 5.88 Å². The van der Waals surface area contributed by atoms with Crippen molar-refractivity contribution in [2.24, 2.45) is 0 Å². The van der Waals surface area contributed by atoms with Crippen LogP contribution < -0.4 is 15.4 Å². The van der Waals surface area contributed by atoms with E-state index in [-0.39, 0.29) is 22.8 Å². The van der Waals surface area contributed by atoms with E-state index in [1.54, 1.807) is 0 Å². The Bertz CT molecular complexity index is 1180. The number of sulfonamides is 1. The van der Waals surface area contributed by atoms with Crippen LogP contribution in [0.5, 0.6) is 5.88 Å². The van der Waals surface area contributed by atoms with Crippen LogP contribution in [0, 0.1) is 11.2 Å². The number of aromatic nitrogens is 2. The molecule has 1 aromatic carbocycles. The Kier molecular flexibility index (Phi) is 4.18. The van der Waals surface area contributed by atoms with Gasteiger partial charge in [0, 0.05) is 18.3 Å². The summed E-state index contributed by atoms with van der Waals surface area (Å²) in [5.74, 6) is -2.67. The van der Waals surface area contributed by atoms with E-state index in [1.165, 1.54) is 26.1 Å². The van der Waals surface area contributed by atoms with Gasteiger partial charge in [-0.1, -0.05) is 0 Å². The van der Waals surface area contributed by atoms with Crippen molar-refractivity contribution in [2.45, 2.75) is 12.5 Å². The molecule has 3 N–H and O–H groups in total. The zero-order valence-corrected chi connectivity index (χ0v) is 16.2. The Morgan fingerprint density at radius 3 is 2.83 bits per heavy atom. The maximum absolute atomic E-state index is 14.6. The van der Waals surface area contributed by atoms with E-state index in [0.29, 0.717) is 0 Å².